The van der Waals surface area contributed by atoms with E-state index < -0.39 is 3.79 Å². The molecule has 0 saturated carbocycles. The first-order valence-electron chi connectivity index (χ1n) is 2.47. The second-order valence-corrected chi connectivity index (χ2v) is 6.85. The summed E-state index contributed by atoms with van der Waals surface area (Å²) in [6.07, 6.45) is 2.31. The Kier molecular flexibility index (Phi) is 6.02. The summed E-state index contributed by atoms with van der Waals surface area (Å²) >= 11 is 16.5. The van der Waals surface area contributed by atoms with Crippen LogP contribution in [-0.2, 0) is 0 Å². The monoisotopic (exact) mass is 239 g/mol. The van der Waals surface area contributed by atoms with Gasteiger partial charge in [0.05, 0.1) is 5.37 Å². The van der Waals surface area contributed by atoms with Crippen LogP contribution in [0.5, 0.6) is 0 Å². The second-order valence-electron chi connectivity index (χ2n) is 1.62. The van der Waals surface area contributed by atoms with Crippen LogP contribution in [0.2, 0.25) is 0 Å². The van der Waals surface area contributed by atoms with Crippen LogP contribution < -0.4 is 5.73 Å². The number of hydrogen-bond acceptors (Lipinski definition) is 3. The summed E-state index contributed by atoms with van der Waals surface area (Å²) in [5, 5.41) is -0.109. The molecule has 0 aliphatic heterocycles. The summed E-state index contributed by atoms with van der Waals surface area (Å²) < 4.78 is -1.22. The molecule has 1 atom stereocenters. The van der Waals surface area contributed by atoms with Gasteiger partial charge in [-0.25, -0.2) is 0 Å². The molecule has 0 radical (unpaired) electrons. The fourth-order valence-electron chi connectivity index (χ4n) is 0.386. The van der Waals surface area contributed by atoms with Crippen molar-refractivity contribution in [2.45, 2.75) is 15.6 Å². The van der Waals surface area contributed by atoms with Crippen molar-refractivity contribution in [2.75, 3.05) is 6.26 Å². The molecular weight excluding hydrogens is 233 g/mol. The largest absolute Gasteiger partial charge is 0.319 e. The number of rotatable bonds is 3. The topological polar surface area (TPSA) is 26.0 Å². The maximum absolute atomic E-state index is 5.56. The van der Waals surface area contributed by atoms with E-state index in [1.54, 1.807) is 10.8 Å². The SMILES string of the molecule is CSS[C@@H](N)CC(Cl)(Cl)Cl. The summed E-state index contributed by atoms with van der Waals surface area (Å²) in [4.78, 5) is 0. The van der Waals surface area contributed by atoms with Gasteiger partial charge in [0.2, 0.25) is 0 Å². The third-order valence-corrected chi connectivity index (χ3v) is 3.04. The summed E-state index contributed by atoms with van der Waals surface area (Å²) in [6, 6.07) is 0. The van der Waals surface area contributed by atoms with E-state index >= 15 is 0 Å². The Morgan fingerprint density at radius 1 is 1.50 bits per heavy atom. The van der Waals surface area contributed by atoms with Gasteiger partial charge in [-0.1, -0.05) is 56.4 Å². The minimum atomic E-state index is -1.22. The molecule has 0 aromatic carbocycles. The molecule has 0 bridgehead atoms. The van der Waals surface area contributed by atoms with Crippen molar-refractivity contribution in [1.29, 1.82) is 0 Å². The smallest absolute Gasteiger partial charge is 0.192 e. The molecule has 1 nitrogen and oxygen atoms in total. The highest BCUT2D eigenvalue weighted by Gasteiger charge is 2.23. The number of halogens is 3. The zero-order valence-corrected chi connectivity index (χ0v) is 9.21. The second kappa shape index (κ2) is 5.22. The Hall–Kier alpha value is 1.53. The number of nitrogens with two attached hydrogens (primary N) is 1. The van der Waals surface area contributed by atoms with E-state index in [2.05, 4.69) is 0 Å². The number of hydrogen-bond donors (Lipinski definition) is 1. The van der Waals surface area contributed by atoms with Gasteiger partial charge in [-0.15, -0.1) is 0 Å². The van der Waals surface area contributed by atoms with Crippen molar-refractivity contribution in [3.05, 3.63) is 0 Å². The first kappa shape index (κ1) is 11.5. The highest BCUT2D eigenvalue weighted by molar-refractivity contribution is 8.76. The van der Waals surface area contributed by atoms with Crippen molar-refractivity contribution >= 4 is 56.4 Å². The molecule has 0 fully saturated rings. The lowest BCUT2D eigenvalue weighted by atomic mass is 10.5. The molecule has 0 aromatic heterocycles. The van der Waals surface area contributed by atoms with Crippen LogP contribution in [0.25, 0.3) is 0 Å². The Morgan fingerprint density at radius 3 is 2.30 bits per heavy atom. The van der Waals surface area contributed by atoms with E-state index in [9.17, 15) is 0 Å². The van der Waals surface area contributed by atoms with Crippen LogP contribution in [0.1, 0.15) is 6.42 Å². The molecule has 0 heterocycles. The Bertz CT molecular complexity index is 95.0. The maximum Gasteiger partial charge on any atom is 0.192 e. The van der Waals surface area contributed by atoms with Gasteiger partial charge >= 0.3 is 0 Å². The fourth-order valence-corrected chi connectivity index (χ4v) is 2.67. The maximum atomic E-state index is 5.56. The van der Waals surface area contributed by atoms with Crippen molar-refractivity contribution in [2.24, 2.45) is 5.73 Å². The van der Waals surface area contributed by atoms with Gasteiger partial charge in [-0.3, -0.25) is 0 Å². The van der Waals surface area contributed by atoms with Crippen LogP contribution in [0, 0.1) is 0 Å². The minimum absolute atomic E-state index is 0.109. The van der Waals surface area contributed by atoms with Crippen LogP contribution >= 0.6 is 56.4 Å². The molecule has 0 unspecified atom stereocenters. The van der Waals surface area contributed by atoms with Gasteiger partial charge in [0.15, 0.2) is 3.79 Å². The molecule has 0 amide bonds. The van der Waals surface area contributed by atoms with Gasteiger partial charge in [0.25, 0.3) is 0 Å². The van der Waals surface area contributed by atoms with E-state index in [4.69, 9.17) is 40.5 Å². The van der Waals surface area contributed by atoms with Gasteiger partial charge in [0.1, 0.15) is 0 Å². The first-order valence-corrected chi connectivity index (χ1v) is 6.23. The van der Waals surface area contributed by atoms with E-state index in [0.29, 0.717) is 6.42 Å². The van der Waals surface area contributed by atoms with Gasteiger partial charge in [-0.2, -0.15) is 0 Å². The quantitative estimate of drug-likeness (QED) is 0.467. The third-order valence-electron chi connectivity index (χ3n) is 0.652. The summed E-state index contributed by atoms with van der Waals surface area (Å²) in [5.41, 5.74) is 5.56. The Labute approximate surface area is 83.7 Å². The third kappa shape index (κ3) is 7.63. The molecule has 0 spiro atoms. The molecule has 0 aromatic rings. The lowest BCUT2D eigenvalue weighted by Gasteiger charge is -2.14. The van der Waals surface area contributed by atoms with Crippen molar-refractivity contribution in [3.8, 4) is 0 Å². The van der Waals surface area contributed by atoms with E-state index in [1.807, 2.05) is 6.26 Å². The Morgan fingerprint density at radius 2 is 2.00 bits per heavy atom. The summed E-state index contributed by atoms with van der Waals surface area (Å²) in [6.45, 7) is 0. The van der Waals surface area contributed by atoms with Crippen LogP contribution in [-0.4, -0.2) is 15.4 Å². The molecule has 0 rings (SSSR count). The normalized spacial score (nSPS) is 15.3. The highest BCUT2D eigenvalue weighted by atomic mass is 35.6. The standard InChI is InChI=1S/C4H8Cl3NS2/c1-9-10-3(8)2-4(5,6)7/h3H,2,8H2,1H3/t3-/m1/s1. The lowest BCUT2D eigenvalue weighted by Crippen LogP contribution is -2.21. The minimum Gasteiger partial charge on any atom is -0.319 e. The molecular formula is C4H8Cl3NS2. The van der Waals surface area contributed by atoms with E-state index in [-0.39, 0.29) is 5.37 Å². The lowest BCUT2D eigenvalue weighted by molar-refractivity contribution is 0.816. The van der Waals surface area contributed by atoms with Crippen molar-refractivity contribution in [3.63, 3.8) is 0 Å². The summed E-state index contributed by atoms with van der Waals surface area (Å²) in [7, 11) is 3.07. The molecule has 62 valence electrons. The highest BCUT2D eigenvalue weighted by Crippen LogP contribution is 2.35. The van der Waals surface area contributed by atoms with Crippen LogP contribution in [0.15, 0.2) is 0 Å². The predicted octanol–water partition coefficient (Wildman–Crippen LogP) is 3.04. The fraction of sp³-hybridized carbons (Fsp3) is 1.00. The molecule has 10 heavy (non-hydrogen) atoms. The molecule has 2 N–H and O–H groups in total. The molecule has 6 heteroatoms. The number of alkyl halides is 3. The molecule has 0 saturated heterocycles. The zero-order valence-electron chi connectivity index (χ0n) is 5.31. The van der Waals surface area contributed by atoms with Gasteiger partial charge in [-0.05, 0) is 6.26 Å². The van der Waals surface area contributed by atoms with Gasteiger partial charge in [0, 0.05) is 6.42 Å². The van der Waals surface area contributed by atoms with Crippen LogP contribution in [0.4, 0.5) is 0 Å². The zero-order chi connectivity index (χ0) is 8.20. The van der Waals surface area contributed by atoms with E-state index in [1.165, 1.54) is 10.8 Å². The van der Waals surface area contributed by atoms with E-state index in [0.717, 1.165) is 0 Å². The van der Waals surface area contributed by atoms with Crippen LogP contribution in [0.3, 0.4) is 0 Å². The molecule has 0 aliphatic rings. The average molecular weight is 241 g/mol. The Balaban J connectivity index is 3.47. The average Bonchev–Trinajstić information content (AvgIpc) is 1.59. The predicted molar refractivity (Wildman–Crippen MR) is 54.0 cm³/mol. The first-order chi connectivity index (χ1) is 4.45. The van der Waals surface area contributed by atoms with Crippen molar-refractivity contribution < 1.29 is 0 Å². The van der Waals surface area contributed by atoms with Crippen molar-refractivity contribution in [1.82, 2.24) is 0 Å². The van der Waals surface area contributed by atoms with Gasteiger partial charge < -0.3 is 5.73 Å². The summed E-state index contributed by atoms with van der Waals surface area (Å²) in [5.74, 6) is 0. The molecule has 0 aliphatic carbocycles.